The van der Waals surface area contributed by atoms with Crippen molar-refractivity contribution in [2.24, 2.45) is 0 Å². The molecule has 116 valence electrons. The summed E-state index contributed by atoms with van der Waals surface area (Å²) in [5.74, 6) is 1.93. The molecule has 0 radical (unpaired) electrons. The third-order valence-electron chi connectivity index (χ3n) is 3.24. The Balaban J connectivity index is 1.77. The molecule has 0 spiro atoms. The maximum absolute atomic E-state index is 11.9. The van der Waals surface area contributed by atoms with Gasteiger partial charge in [0.15, 0.2) is 0 Å². The standard InChI is InChI=1S/C16H18N2O4/c1-2-6-14-15(20)18(16(21)17-14)9-13(19)11-22-10-12-7-4-3-5-8-12/h1,3-5,7-8,13-14,19H,6,9-11H2,(H,17,21)/t13-,14+/m1/s1. The Kier molecular flexibility index (Phi) is 5.53. The first-order valence-corrected chi connectivity index (χ1v) is 6.97. The number of amides is 3. The van der Waals surface area contributed by atoms with Crippen LogP contribution < -0.4 is 5.32 Å². The molecule has 1 aliphatic heterocycles. The number of terminal acetylenes is 1. The van der Waals surface area contributed by atoms with Crippen molar-refractivity contribution < 1.29 is 19.4 Å². The predicted molar refractivity (Wildman–Crippen MR) is 79.6 cm³/mol. The van der Waals surface area contributed by atoms with Crippen LogP contribution in [-0.2, 0) is 16.1 Å². The van der Waals surface area contributed by atoms with E-state index in [2.05, 4.69) is 11.2 Å². The molecule has 0 aromatic heterocycles. The average Bonchev–Trinajstić information content (AvgIpc) is 2.76. The summed E-state index contributed by atoms with van der Waals surface area (Å²) in [6, 6.07) is 8.29. The van der Waals surface area contributed by atoms with Crippen LogP contribution in [0.25, 0.3) is 0 Å². The molecular formula is C16H18N2O4. The Hall–Kier alpha value is -2.36. The van der Waals surface area contributed by atoms with E-state index in [9.17, 15) is 14.7 Å². The SMILES string of the molecule is C#CC[C@@H]1NC(=O)N(C[C@@H](O)COCc2ccccc2)C1=O. The molecule has 0 unspecified atom stereocenters. The number of aliphatic hydroxyl groups is 1. The normalized spacial score (nSPS) is 18.9. The van der Waals surface area contributed by atoms with Gasteiger partial charge in [0, 0.05) is 6.42 Å². The van der Waals surface area contributed by atoms with Gasteiger partial charge in [-0.25, -0.2) is 4.79 Å². The number of imide groups is 1. The predicted octanol–water partition coefficient (Wildman–Crippen LogP) is 0.508. The second-order valence-electron chi connectivity index (χ2n) is 5.01. The fourth-order valence-corrected chi connectivity index (χ4v) is 2.16. The number of rotatable bonds is 7. The number of urea groups is 1. The van der Waals surface area contributed by atoms with Crippen LogP contribution in [-0.4, -0.2) is 47.2 Å². The average molecular weight is 302 g/mol. The minimum atomic E-state index is -0.942. The van der Waals surface area contributed by atoms with Gasteiger partial charge in [0.2, 0.25) is 0 Å². The molecular weight excluding hydrogens is 284 g/mol. The van der Waals surface area contributed by atoms with Gasteiger partial charge >= 0.3 is 6.03 Å². The molecule has 2 N–H and O–H groups in total. The number of β-amino-alcohol motifs (C(OH)–C–C–N with tert-alkyl or cyclic N) is 1. The van der Waals surface area contributed by atoms with E-state index in [1.807, 2.05) is 30.3 Å². The van der Waals surface area contributed by atoms with Gasteiger partial charge in [-0.2, -0.15) is 0 Å². The lowest BCUT2D eigenvalue weighted by Gasteiger charge is -2.17. The first-order valence-electron chi connectivity index (χ1n) is 6.97. The highest BCUT2D eigenvalue weighted by Gasteiger charge is 2.38. The van der Waals surface area contributed by atoms with Crippen molar-refractivity contribution in [3.63, 3.8) is 0 Å². The molecule has 2 rings (SSSR count). The third kappa shape index (κ3) is 4.07. The van der Waals surface area contributed by atoms with Crippen molar-refractivity contribution in [1.82, 2.24) is 10.2 Å². The fraction of sp³-hybridized carbons (Fsp3) is 0.375. The molecule has 1 fully saturated rings. The van der Waals surface area contributed by atoms with E-state index in [1.165, 1.54) is 0 Å². The van der Waals surface area contributed by atoms with Crippen LogP contribution in [0.2, 0.25) is 0 Å². The number of aliphatic hydroxyl groups excluding tert-OH is 1. The van der Waals surface area contributed by atoms with Gasteiger partial charge in [-0.1, -0.05) is 30.3 Å². The summed E-state index contributed by atoms with van der Waals surface area (Å²) in [7, 11) is 0. The summed E-state index contributed by atoms with van der Waals surface area (Å²) >= 11 is 0. The molecule has 1 heterocycles. The van der Waals surface area contributed by atoms with Crippen molar-refractivity contribution in [3.8, 4) is 12.3 Å². The highest BCUT2D eigenvalue weighted by Crippen LogP contribution is 2.10. The van der Waals surface area contributed by atoms with E-state index in [0.29, 0.717) is 6.61 Å². The summed E-state index contributed by atoms with van der Waals surface area (Å²) < 4.78 is 5.38. The number of nitrogens with zero attached hydrogens (tertiary/aromatic N) is 1. The maximum Gasteiger partial charge on any atom is 0.324 e. The lowest BCUT2D eigenvalue weighted by atomic mass is 10.2. The van der Waals surface area contributed by atoms with Gasteiger partial charge in [-0.3, -0.25) is 9.69 Å². The van der Waals surface area contributed by atoms with Gasteiger partial charge in [-0.15, -0.1) is 12.3 Å². The molecule has 1 aromatic carbocycles. The lowest BCUT2D eigenvalue weighted by molar-refractivity contribution is -0.128. The Bertz CT molecular complexity index is 567. The number of ether oxygens (including phenoxy) is 1. The Morgan fingerprint density at radius 1 is 1.36 bits per heavy atom. The molecule has 0 aliphatic carbocycles. The molecule has 6 nitrogen and oxygen atoms in total. The van der Waals surface area contributed by atoms with Gasteiger partial charge < -0.3 is 15.2 Å². The van der Waals surface area contributed by atoms with E-state index >= 15 is 0 Å². The van der Waals surface area contributed by atoms with E-state index in [4.69, 9.17) is 11.2 Å². The second kappa shape index (κ2) is 7.59. The topological polar surface area (TPSA) is 78.9 Å². The summed E-state index contributed by atoms with van der Waals surface area (Å²) in [4.78, 5) is 24.6. The lowest BCUT2D eigenvalue weighted by Crippen LogP contribution is -2.39. The molecule has 22 heavy (non-hydrogen) atoms. The van der Waals surface area contributed by atoms with Gasteiger partial charge in [0.25, 0.3) is 5.91 Å². The molecule has 3 amide bonds. The smallest absolute Gasteiger partial charge is 0.324 e. The van der Waals surface area contributed by atoms with Crippen LogP contribution in [0.5, 0.6) is 0 Å². The van der Waals surface area contributed by atoms with Crippen molar-refractivity contribution in [2.75, 3.05) is 13.2 Å². The highest BCUT2D eigenvalue weighted by molar-refractivity contribution is 6.04. The number of carbonyl (C=O) groups is 2. The number of carbonyl (C=O) groups excluding carboxylic acids is 2. The number of nitrogens with one attached hydrogen (secondary N) is 1. The zero-order chi connectivity index (χ0) is 15.9. The Labute approximate surface area is 129 Å². The quantitative estimate of drug-likeness (QED) is 0.568. The minimum Gasteiger partial charge on any atom is -0.389 e. The van der Waals surface area contributed by atoms with Crippen molar-refractivity contribution in [2.45, 2.75) is 25.2 Å². The molecule has 0 saturated carbocycles. The fourth-order valence-electron chi connectivity index (χ4n) is 2.16. The maximum atomic E-state index is 11.9. The molecule has 1 saturated heterocycles. The molecule has 6 heteroatoms. The third-order valence-corrected chi connectivity index (χ3v) is 3.24. The summed E-state index contributed by atoms with van der Waals surface area (Å²) in [6.45, 7) is 0.282. The summed E-state index contributed by atoms with van der Waals surface area (Å²) in [6.07, 6.45) is 4.34. The van der Waals surface area contributed by atoms with Gasteiger partial charge in [0.1, 0.15) is 6.04 Å². The van der Waals surface area contributed by atoms with Gasteiger partial charge in [-0.05, 0) is 5.56 Å². The Morgan fingerprint density at radius 2 is 2.09 bits per heavy atom. The largest absolute Gasteiger partial charge is 0.389 e. The van der Waals surface area contributed by atoms with E-state index < -0.39 is 24.1 Å². The van der Waals surface area contributed by atoms with Crippen molar-refractivity contribution in [1.29, 1.82) is 0 Å². The van der Waals surface area contributed by atoms with Crippen LogP contribution in [0.1, 0.15) is 12.0 Å². The monoisotopic (exact) mass is 302 g/mol. The first-order chi connectivity index (χ1) is 10.6. The second-order valence-corrected chi connectivity index (χ2v) is 5.01. The zero-order valence-corrected chi connectivity index (χ0v) is 12.1. The number of hydrogen-bond acceptors (Lipinski definition) is 4. The Morgan fingerprint density at radius 3 is 2.77 bits per heavy atom. The van der Waals surface area contributed by atoms with Gasteiger partial charge in [0.05, 0.1) is 25.9 Å². The van der Waals surface area contributed by atoms with E-state index in [-0.39, 0.29) is 19.6 Å². The van der Waals surface area contributed by atoms with Crippen LogP contribution in [0, 0.1) is 12.3 Å². The molecule has 1 aliphatic rings. The van der Waals surface area contributed by atoms with Crippen molar-refractivity contribution >= 4 is 11.9 Å². The zero-order valence-electron chi connectivity index (χ0n) is 12.1. The van der Waals surface area contributed by atoms with Crippen molar-refractivity contribution in [3.05, 3.63) is 35.9 Å². The van der Waals surface area contributed by atoms with E-state index in [0.717, 1.165) is 10.5 Å². The van der Waals surface area contributed by atoms with Crippen LogP contribution in [0.3, 0.4) is 0 Å². The number of benzene rings is 1. The minimum absolute atomic E-state index is 0.0335. The molecule has 0 bridgehead atoms. The highest BCUT2D eigenvalue weighted by atomic mass is 16.5. The van der Waals surface area contributed by atoms with Crippen LogP contribution >= 0.6 is 0 Å². The summed E-state index contributed by atoms with van der Waals surface area (Å²) in [5, 5.41) is 12.4. The van der Waals surface area contributed by atoms with Crippen LogP contribution in [0.4, 0.5) is 4.79 Å². The molecule has 1 aromatic rings. The summed E-state index contributed by atoms with van der Waals surface area (Å²) in [5.41, 5.74) is 0.985. The number of hydrogen-bond donors (Lipinski definition) is 2. The molecule has 2 atom stereocenters. The van der Waals surface area contributed by atoms with Crippen LogP contribution in [0.15, 0.2) is 30.3 Å². The van der Waals surface area contributed by atoms with E-state index in [1.54, 1.807) is 0 Å². The first kappa shape index (κ1) is 16.0.